The highest BCUT2D eigenvalue weighted by Crippen LogP contribution is 2.23. The Morgan fingerprint density at radius 2 is 1.93 bits per heavy atom. The van der Waals surface area contributed by atoms with Crippen LogP contribution < -0.4 is 5.32 Å². The van der Waals surface area contributed by atoms with Gasteiger partial charge < -0.3 is 5.32 Å². The number of hydrogen-bond acceptors (Lipinski definition) is 5. The first-order chi connectivity index (χ1) is 12.9. The number of carbonyl (C=O) groups is 1. The summed E-state index contributed by atoms with van der Waals surface area (Å²) < 4.78 is 41.3. The Labute approximate surface area is 156 Å². The van der Waals surface area contributed by atoms with Crippen LogP contribution in [-0.2, 0) is 4.79 Å². The first-order valence-electron chi connectivity index (χ1n) is 7.79. The zero-order valence-corrected chi connectivity index (χ0v) is 15.1. The van der Waals surface area contributed by atoms with Crippen LogP contribution in [0.3, 0.4) is 0 Å². The number of amides is 1. The van der Waals surface area contributed by atoms with E-state index in [1.807, 2.05) is 32.0 Å². The van der Waals surface area contributed by atoms with Gasteiger partial charge in [-0.2, -0.15) is 4.68 Å². The molecule has 140 valence electrons. The molecule has 0 atom stereocenters. The molecule has 27 heavy (non-hydrogen) atoms. The molecule has 10 heteroatoms. The van der Waals surface area contributed by atoms with Gasteiger partial charge in [0.25, 0.3) is 0 Å². The highest BCUT2D eigenvalue weighted by molar-refractivity contribution is 7.99. The Hall–Kier alpha value is -2.88. The summed E-state index contributed by atoms with van der Waals surface area (Å²) in [5, 5.41) is 14.0. The van der Waals surface area contributed by atoms with E-state index in [4.69, 9.17) is 0 Å². The Morgan fingerprint density at radius 3 is 2.67 bits per heavy atom. The summed E-state index contributed by atoms with van der Waals surface area (Å²) in [6, 6.07) is 7.45. The van der Waals surface area contributed by atoms with Gasteiger partial charge in [0.05, 0.1) is 17.1 Å². The standard InChI is InChI=1S/C17H14F3N5OS/c1-9-3-6-13(10(2)7-9)25-17(22-23-24-25)27-8-14(26)21-12-5-4-11(18)15(19)16(12)20/h3-7H,8H2,1-2H3,(H,21,26). The lowest BCUT2D eigenvalue weighted by atomic mass is 10.1. The smallest absolute Gasteiger partial charge is 0.234 e. The average Bonchev–Trinajstić information content (AvgIpc) is 3.09. The van der Waals surface area contributed by atoms with Crippen molar-refractivity contribution in [2.24, 2.45) is 0 Å². The van der Waals surface area contributed by atoms with Gasteiger partial charge in [0, 0.05) is 0 Å². The maximum atomic E-state index is 13.6. The second kappa shape index (κ2) is 7.78. The molecular weight excluding hydrogens is 379 g/mol. The number of benzene rings is 2. The van der Waals surface area contributed by atoms with Crippen LogP contribution in [-0.4, -0.2) is 31.9 Å². The van der Waals surface area contributed by atoms with Crippen LogP contribution in [0, 0.1) is 31.3 Å². The fourth-order valence-electron chi connectivity index (χ4n) is 2.40. The normalized spacial score (nSPS) is 10.9. The van der Waals surface area contributed by atoms with Crippen molar-refractivity contribution in [3.05, 3.63) is 58.9 Å². The van der Waals surface area contributed by atoms with E-state index in [1.54, 1.807) is 0 Å². The van der Waals surface area contributed by atoms with Gasteiger partial charge in [0.15, 0.2) is 17.5 Å². The molecule has 0 saturated carbocycles. The first kappa shape index (κ1) is 18.9. The summed E-state index contributed by atoms with van der Waals surface area (Å²) in [6.07, 6.45) is 0. The molecule has 3 rings (SSSR count). The van der Waals surface area contributed by atoms with Crippen LogP contribution in [0.5, 0.6) is 0 Å². The van der Waals surface area contributed by atoms with Gasteiger partial charge in [0.1, 0.15) is 0 Å². The second-order valence-electron chi connectivity index (χ2n) is 5.72. The van der Waals surface area contributed by atoms with E-state index in [1.165, 1.54) is 4.68 Å². The van der Waals surface area contributed by atoms with Crippen molar-refractivity contribution in [2.75, 3.05) is 11.1 Å². The summed E-state index contributed by atoms with van der Waals surface area (Å²) in [5.41, 5.74) is 2.37. The molecule has 0 aliphatic rings. The van der Waals surface area contributed by atoms with Gasteiger partial charge in [-0.05, 0) is 48.0 Å². The van der Waals surface area contributed by atoms with Crippen LogP contribution in [0.2, 0.25) is 0 Å². The number of thioether (sulfide) groups is 1. The number of aryl methyl sites for hydroxylation is 2. The van der Waals surface area contributed by atoms with Crippen LogP contribution in [0.4, 0.5) is 18.9 Å². The maximum Gasteiger partial charge on any atom is 0.234 e. The predicted molar refractivity (Wildman–Crippen MR) is 94.3 cm³/mol. The van der Waals surface area contributed by atoms with Crippen molar-refractivity contribution in [1.82, 2.24) is 20.2 Å². The fourth-order valence-corrected chi connectivity index (χ4v) is 3.09. The molecule has 1 aromatic heterocycles. The van der Waals surface area contributed by atoms with Gasteiger partial charge in [-0.3, -0.25) is 4.79 Å². The number of aromatic nitrogens is 4. The number of tetrazole rings is 1. The van der Waals surface area contributed by atoms with E-state index in [0.29, 0.717) is 5.16 Å². The monoisotopic (exact) mass is 393 g/mol. The minimum Gasteiger partial charge on any atom is -0.323 e. The molecule has 0 bridgehead atoms. The molecule has 2 aromatic carbocycles. The first-order valence-corrected chi connectivity index (χ1v) is 8.77. The molecule has 0 fully saturated rings. The third-order valence-corrected chi connectivity index (χ3v) is 4.58. The number of rotatable bonds is 5. The topological polar surface area (TPSA) is 72.7 Å². The SMILES string of the molecule is Cc1ccc(-n2nnnc2SCC(=O)Nc2ccc(F)c(F)c2F)c(C)c1. The van der Waals surface area contributed by atoms with E-state index in [2.05, 4.69) is 20.8 Å². The van der Waals surface area contributed by atoms with E-state index in [-0.39, 0.29) is 5.75 Å². The zero-order valence-electron chi connectivity index (χ0n) is 14.3. The highest BCUT2D eigenvalue weighted by atomic mass is 32.2. The molecule has 0 unspecified atom stereocenters. The van der Waals surface area contributed by atoms with Crippen LogP contribution in [0.15, 0.2) is 35.5 Å². The predicted octanol–water partition coefficient (Wildman–Crippen LogP) is 3.43. The van der Waals surface area contributed by atoms with Crippen LogP contribution >= 0.6 is 11.8 Å². The molecule has 6 nitrogen and oxygen atoms in total. The van der Waals surface area contributed by atoms with E-state index >= 15 is 0 Å². The number of carbonyl (C=O) groups excluding carboxylic acids is 1. The van der Waals surface area contributed by atoms with Gasteiger partial charge in [-0.15, -0.1) is 5.10 Å². The molecule has 1 N–H and O–H groups in total. The van der Waals surface area contributed by atoms with Crippen molar-refractivity contribution in [1.29, 1.82) is 0 Å². The molecule has 0 aliphatic heterocycles. The molecule has 1 amide bonds. The Bertz CT molecular complexity index is 1010. The number of nitrogens with one attached hydrogen (secondary N) is 1. The summed E-state index contributed by atoms with van der Waals surface area (Å²) in [7, 11) is 0. The van der Waals surface area contributed by atoms with Gasteiger partial charge in [-0.1, -0.05) is 29.5 Å². The quantitative estimate of drug-likeness (QED) is 0.531. The molecular formula is C17H14F3N5OS. The molecule has 0 saturated heterocycles. The van der Waals surface area contributed by atoms with Crippen molar-refractivity contribution in [3.8, 4) is 5.69 Å². The molecule has 0 aliphatic carbocycles. The lowest BCUT2D eigenvalue weighted by molar-refractivity contribution is -0.113. The van der Waals surface area contributed by atoms with E-state index < -0.39 is 29.0 Å². The van der Waals surface area contributed by atoms with Gasteiger partial charge in [0.2, 0.25) is 11.1 Å². The zero-order chi connectivity index (χ0) is 19.6. The maximum absolute atomic E-state index is 13.6. The Kier molecular flexibility index (Phi) is 5.45. The minimum atomic E-state index is -1.64. The van der Waals surface area contributed by atoms with Crippen molar-refractivity contribution < 1.29 is 18.0 Å². The van der Waals surface area contributed by atoms with Crippen molar-refractivity contribution in [2.45, 2.75) is 19.0 Å². The average molecular weight is 393 g/mol. The number of nitrogens with zero attached hydrogens (tertiary/aromatic N) is 4. The van der Waals surface area contributed by atoms with Crippen molar-refractivity contribution >= 4 is 23.4 Å². The van der Waals surface area contributed by atoms with Crippen LogP contribution in [0.25, 0.3) is 5.69 Å². The third kappa shape index (κ3) is 4.11. The lowest BCUT2D eigenvalue weighted by Crippen LogP contribution is -2.16. The minimum absolute atomic E-state index is 0.149. The Balaban J connectivity index is 1.70. The number of halogens is 3. The van der Waals surface area contributed by atoms with E-state index in [0.717, 1.165) is 40.7 Å². The van der Waals surface area contributed by atoms with Gasteiger partial charge in [-0.25, -0.2) is 13.2 Å². The van der Waals surface area contributed by atoms with E-state index in [9.17, 15) is 18.0 Å². The summed E-state index contributed by atoms with van der Waals surface area (Å²) in [5.74, 6) is -5.18. The Morgan fingerprint density at radius 1 is 1.15 bits per heavy atom. The molecule has 0 radical (unpaired) electrons. The van der Waals surface area contributed by atoms with Crippen LogP contribution in [0.1, 0.15) is 11.1 Å². The summed E-state index contributed by atoms with van der Waals surface area (Å²) >= 11 is 1.03. The molecule has 0 spiro atoms. The number of anilines is 1. The second-order valence-corrected chi connectivity index (χ2v) is 6.67. The number of hydrogen-bond donors (Lipinski definition) is 1. The summed E-state index contributed by atoms with van der Waals surface area (Å²) in [6.45, 7) is 3.88. The van der Waals surface area contributed by atoms with Crippen molar-refractivity contribution in [3.63, 3.8) is 0 Å². The molecule has 3 aromatic rings. The largest absolute Gasteiger partial charge is 0.323 e. The fraction of sp³-hybridized carbons (Fsp3) is 0.176. The third-order valence-electron chi connectivity index (χ3n) is 3.66. The highest BCUT2D eigenvalue weighted by Gasteiger charge is 2.17. The lowest BCUT2D eigenvalue weighted by Gasteiger charge is -2.09. The summed E-state index contributed by atoms with van der Waals surface area (Å²) in [4.78, 5) is 12.0. The van der Waals surface area contributed by atoms with Gasteiger partial charge >= 0.3 is 0 Å². The molecule has 1 heterocycles.